The number of hydrogen-bond donors (Lipinski definition) is 1. The quantitative estimate of drug-likeness (QED) is 0.903. The highest BCUT2D eigenvalue weighted by Gasteiger charge is 2.23. The number of pyridine rings is 2. The van der Waals surface area contributed by atoms with Crippen LogP contribution in [0.1, 0.15) is 17.2 Å². The molecule has 19 heavy (non-hydrogen) atoms. The van der Waals surface area contributed by atoms with Crippen LogP contribution >= 0.6 is 0 Å². The lowest BCUT2D eigenvalue weighted by Crippen LogP contribution is -2.45. The Kier molecular flexibility index (Phi) is 3.81. The highest BCUT2D eigenvalue weighted by Crippen LogP contribution is 2.23. The van der Waals surface area contributed by atoms with E-state index in [-0.39, 0.29) is 0 Å². The Labute approximate surface area is 113 Å². The fraction of sp³-hybridized carbons (Fsp3) is 0.333. The molecule has 0 radical (unpaired) electrons. The first-order chi connectivity index (χ1) is 9.43. The van der Waals surface area contributed by atoms with Crippen LogP contribution in [0.2, 0.25) is 0 Å². The van der Waals surface area contributed by atoms with Crippen molar-refractivity contribution in [1.29, 1.82) is 0 Å². The number of hydrogen-bond acceptors (Lipinski definition) is 4. The van der Waals surface area contributed by atoms with Gasteiger partial charge in [-0.1, -0.05) is 6.07 Å². The summed E-state index contributed by atoms with van der Waals surface area (Å²) in [4.78, 5) is 10.8. The van der Waals surface area contributed by atoms with Crippen LogP contribution in [0.15, 0.2) is 49.1 Å². The number of nitrogens with zero attached hydrogens (tertiary/aromatic N) is 3. The van der Waals surface area contributed by atoms with Crippen LogP contribution in [0, 0.1) is 0 Å². The summed E-state index contributed by atoms with van der Waals surface area (Å²) in [5, 5.41) is 3.47. The minimum Gasteiger partial charge on any atom is -0.314 e. The molecule has 0 bridgehead atoms. The Balaban J connectivity index is 1.78. The molecule has 3 rings (SSSR count). The second kappa shape index (κ2) is 5.91. The van der Waals surface area contributed by atoms with Crippen molar-refractivity contribution >= 4 is 0 Å². The SMILES string of the molecule is c1cncc(C2CNCCN2Cc2ccncc2)c1. The first kappa shape index (κ1) is 12.3. The molecule has 3 heterocycles. The largest absolute Gasteiger partial charge is 0.314 e. The van der Waals surface area contributed by atoms with Gasteiger partial charge in [-0.2, -0.15) is 0 Å². The molecule has 1 saturated heterocycles. The summed E-state index contributed by atoms with van der Waals surface area (Å²) in [5.74, 6) is 0. The van der Waals surface area contributed by atoms with Crippen molar-refractivity contribution in [2.75, 3.05) is 19.6 Å². The van der Waals surface area contributed by atoms with E-state index in [1.54, 1.807) is 0 Å². The topological polar surface area (TPSA) is 41.1 Å². The summed E-state index contributed by atoms with van der Waals surface area (Å²) < 4.78 is 0. The van der Waals surface area contributed by atoms with Crippen molar-refractivity contribution in [2.45, 2.75) is 12.6 Å². The van der Waals surface area contributed by atoms with Gasteiger partial charge in [0, 0.05) is 57.0 Å². The molecule has 2 aromatic rings. The predicted octanol–water partition coefficient (Wildman–Crippen LogP) is 1.62. The summed E-state index contributed by atoms with van der Waals surface area (Å²) in [7, 11) is 0. The average Bonchev–Trinajstić information content (AvgIpc) is 2.50. The molecule has 4 nitrogen and oxygen atoms in total. The molecule has 1 aliphatic rings. The maximum atomic E-state index is 4.24. The lowest BCUT2D eigenvalue weighted by Gasteiger charge is -2.36. The molecule has 0 aliphatic carbocycles. The molecule has 1 unspecified atom stereocenters. The molecule has 0 saturated carbocycles. The van der Waals surface area contributed by atoms with E-state index in [0.29, 0.717) is 6.04 Å². The Morgan fingerprint density at radius 1 is 1.16 bits per heavy atom. The summed E-state index contributed by atoms with van der Waals surface area (Å²) in [6.07, 6.45) is 7.51. The molecule has 0 amide bonds. The van der Waals surface area contributed by atoms with Crippen LogP contribution < -0.4 is 5.32 Å². The minimum absolute atomic E-state index is 0.399. The number of rotatable bonds is 3. The van der Waals surface area contributed by atoms with Crippen molar-refractivity contribution in [3.63, 3.8) is 0 Å². The molecule has 0 aromatic carbocycles. The first-order valence-corrected chi connectivity index (χ1v) is 6.67. The van der Waals surface area contributed by atoms with E-state index < -0.39 is 0 Å². The van der Waals surface area contributed by atoms with Gasteiger partial charge in [-0.15, -0.1) is 0 Å². The fourth-order valence-corrected chi connectivity index (χ4v) is 2.56. The lowest BCUT2D eigenvalue weighted by atomic mass is 10.0. The lowest BCUT2D eigenvalue weighted by molar-refractivity contribution is 0.153. The Morgan fingerprint density at radius 2 is 2.05 bits per heavy atom. The number of nitrogens with one attached hydrogen (secondary N) is 1. The third kappa shape index (κ3) is 2.97. The number of piperazine rings is 1. The van der Waals surface area contributed by atoms with Crippen LogP contribution in [-0.2, 0) is 6.54 Å². The van der Waals surface area contributed by atoms with E-state index in [1.165, 1.54) is 11.1 Å². The molecule has 0 spiro atoms. The van der Waals surface area contributed by atoms with Gasteiger partial charge in [0.25, 0.3) is 0 Å². The third-order valence-corrected chi connectivity index (χ3v) is 3.56. The Morgan fingerprint density at radius 3 is 2.84 bits per heavy atom. The van der Waals surface area contributed by atoms with Crippen LogP contribution in [0.25, 0.3) is 0 Å². The highest BCUT2D eigenvalue weighted by atomic mass is 15.2. The van der Waals surface area contributed by atoms with Gasteiger partial charge in [-0.25, -0.2) is 0 Å². The van der Waals surface area contributed by atoms with Gasteiger partial charge in [-0.3, -0.25) is 14.9 Å². The van der Waals surface area contributed by atoms with Crippen LogP contribution in [0.5, 0.6) is 0 Å². The first-order valence-electron chi connectivity index (χ1n) is 6.67. The van der Waals surface area contributed by atoms with Crippen molar-refractivity contribution in [3.05, 3.63) is 60.2 Å². The molecule has 2 aromatic heterocycles. The summed E-state index contributed by atoms with van der Waals surface area (Å²) in [6.45, 7) is 4.05. The zero-order chi connectivity index (χ0) is 12.9. The van der Waals surface area contributed by atoms with Crippen molar-refractivity contribution in [3.8, 4) is 0 Å². The van der Waals surface area contributed by atoms with Gasteiger partial charge in [0.05, 0.1) is 0 Å². The summed E-state index contributed by atoms with van der Waals surface area (Å²) in [6, 6.07) is 8.74. The maximum absolute atomic E-state index is 4.24. The molecule has 4 heteroatoms. The molecular weight excluding hydrogens is 236 g/mol. The minimum atomic E-state index is 0.399. The van der Waals surface area contributed by atoms with E-state index in [0.717, 1.165) is 26.2 Å². The van der Waals surface area contributed by atoms with E-state index in [2.05, 4.69) is 38.4 Å². The molecular formula is C15H18N4. The second-order valence-electron chi connectivity index (χ2n) is 4.83. The van der Waals surface area contributed by atoms with Gasteiger partial charge in [0.15, 0.2) is 0 Å². The van der Waals surface area contributed by atoms with Gasteiger partial charge in [0.1, 0.15) is 0 Å². The molecule has 1 N–H and O–H groups in total. The maximum Gasteiger partial charge on any atom is 0.0491 e. The van der Waals surface area contributed by atoms with E-state index in [1.807, 2.05) is 30.9 Å². The predicted molar refractivity (Wildman–Crippen MR) is 74.5 cm³/mol. The second-order valence-corrected chi connectivity index (χ2v) is 4.83. The van der Waals surface area contributed by atoms with E-state index >= 15 is 0 Å². The highest BCUT2D eigenvalue weighted by molar-refractivity contribution is 5.17. The monoisotopic (exact) mass is 254 g/mol. The van der Waals surface area contributed by atoms with Crippen LogP contribution in [0.3, 0.4) is 0 Å². The summed E-state index contributed by atoms with van der Waals surface area (Å²) >= 11 is 0. The van der Waals surface area contributed by atoms with Crippen molar-refractivity contribution < 1.29 is 0 Å². The smallest absolute Gasteiger partial charge is 0.0491 e. The Bertz CT molecular complexity index is 500. The zero-order valence-electron chi connectivity index (χ0n) is 10.9. The van der Waals surface area contributed by atoms with Gasteiger partial charge in [-0.05, 0) is 29.3 Å². The summed E-state index contributed by atoms with van der Waals surface area (Å²) in [5.41, 5.74) is 2.59. The van der Waals surface area contributed by atoms with E-state index in [4.69, 9.17) is 0 Å². The number of aromatic nitrogens is 2. The van der Waals surface area contributed by atoms with Crippen molar-refractivity contribution in [2.24, 2.45) is 0 Å². The molecule has 1 aliphatic heterocycles. The van der Waals surface area contributed by atoms with Gasteiger partial charge >= 0.3 is 0 Å². The Hall–Kier alpha value is -1.78. The third-order valence-electron chi connectivity index (χ3n) is 3.56. The van der Waals surface area contributed by atoms with Crippen LogP contribution in [-0.4, -0.2) is 34.5 Å². The van der Waals surface area contributed by atoms with Crippen LogP contribution in [0.4, 0.5) is 0 Å². The molecule has 98 valence electrons. The van der Waals surface area contributed by atoms with Crippen molar-refractivity contribution in [1.82, 2.24) is 20.2 Å². The zero-order valence-corrected chi connectivity index (χ0v) is 10.9. The van der Waals surface area contributed by atoms with Gasteiger partial charge in [0.2, 0.25) is 0 Å². The van der Waals surface area contributed by atoms with Gasteiger partial charge < -0.3 is 5.32 Å². The molecule has 1 atom stereocenters. The average molecular weight is 254 g/mol. The standard InChI is InChI=1S/C15H18N4/c1-2-14(10-17-5-1)15-11-18-8-9-19(15)12-13-3-6-16-7-4-13/h1-7,10,15,18H,8-9,11-12H2. The molecule has 1 fully saturated rings. The fourth-order valence-electron chi connectivity index (χ4n) is 2.56. The normalized spacial score (nSPS) is 20.3. The van der Waals surface area contributed by atoms with E-state index in [9.17, 15) is 0 Å².